The fraction of sp³-hybridized carbons (Fsp3) is 0.737. The van der Waals surface area contributed by atoms with Crippen LogP contribution in [0.4, 0.5) is 0 Å². The summed E-state index contributed by atoms with van der Waals surface area (Å²) in [4.78, 5) is 27.4. The van der Waals surface area contributed by atoms with Crippen molar-refractivity contribution < 1.29 is 18.0 Å². The fourth-order valence-corrected chi connectivity index (χ4v) is 6.72. The minimum atomic E-state index is -3.36. The molecule has 2 amide bonds. The predicted molar refractivity (Wildman–Crippen MR) is 107 cm³/mol. The molecule has 10 heteroatoms. The Morgan fingerprint density at radius 2 is 1.93 bits per heavy atom. The molecule has 0 radical (unpaired) electrons. The fourth-order valence-electron chi connectivity index (χ4n) is 5.84. The van der Waals surface area contributed by atoms with Gasteiger partial charge < -0.3 is 10.2 Å². The maximum Gasteiger partial charge on any atom is 0.274 e. The number of piperidine rings is 1. The molecule has 3 fully saturated rings. The SMILES string of the molecule is CNC(=O)[C@@]12CCC3(CCN(C(=O)c4cc(C)[nH]n4)CC3)[C@@H]1CN(S(C)(=O)=O)C2. The molecule has 1 aromatic heterocycles. The van der Waals surface area contributed by atoms with E-state index in [1.165, 1.54) is 10.6 Å². The molecular weight excluding hydrogens is 394 g/mol. The molecule has 9 nitrogen and oxygen atoms in total. The van der Waals surface area contributed by atoms with Gasteiger partial charge in [-0.25, -0.2) is 12.7 Å². The summed E-state index contributed by atoms with van der Waals surface area (Å²) in [6.07, 6.45) is 4.36. The molecule has 1 aliphatic carbocycles. The van der Waals surface area contributed by atoms with Crippen LogP contribution in [0.15, 0.2) is 6.07 Å². The van der Waals surface area contributed by atoms with Gasteiger partial charge in [0.2, 0.25) is 15.9 Å². The molecule has 29 heavy (non-hydrogen) atoms. The van der Waals surface area contributed by atoms with Gasteiger partial charge in [0.05, 0.1) is 11.7 Å². The van der Waals surface area contributed by atoms with Crippen molar-refractivity contribution in [1.82, 2.24) is 24.7 Å². The molecule has 2 N–H and O–H groups in total. The van der Waals surface area contributed by atoms with Crippen molar-refractivity contribution in [2.45, 2.75) is 32.6 Å². The number of aryl methyl sites for hydroxylation is 1. The third-order valence-electron chi connectivity index (χ3n) is 7.44. The highest BCUT2D eigenvalue weighted by Crippen LogP contribution is 2.62. The first-order chi connectivity index (χ1) is 13.6. The van der Waals surface area contributed by atoms with Crippen LogP contribution in [0.1, 0.15) is 41.9 Å². The lowest BCUT2D eigenvalue weighted by Crippen LogP contribution is -2.49. The van der Waals surface area contributed by atoms with E-state index in [4.69, 9.17) is 0 Å². The third kappa shape index (κ3) is 3.16. The Bertz CT molecular complexity index is 934. The number of hydrogen-bond acceptors (Lipinski definition) is 5. The minimum Gasteiger partial charge on any atom is -0.359 e. The van der Waals surface area contributed by atoms with E-state index in [2.05, 4.69) is 15.5 Å². The topological polar surface area (TPSA) is 115 Å². The number of carbonyl (C=O) groups is 2. The lowest BCUT2D eigenvalue weighted by molar-refractivity contribution is -0.132. The quantitative estimate of drug-likeness (QED) is 0.728. The Morgan fingerprint density at radius 1 is 1.24 bits per heavy atom. The largest absolute Gasteiger partial charge is 0.359 e. The van der Waals surface area contributed by atoms with Crippen molar-refractivity contribution in [2.24, 2.45) is 16.7 Å². The zero-order valence-electron chi connectivity index (χ0n) is 17.2. The van der Waals surface area contributed by atoms with Gasteiger partial charge in [-0.3, -0.25) is 14.7 Å². The number of H-pyrrole nitrogens is 1. The standard InChI is InChI=1S/C19H29N5O4S/c1-13-10-14(22-21-13)16(25)23-8-6-18(7-9-23)4-5-19(17(26)20-2)12-24(11-15(18)19)29(3,27)28/h10,15H,4-9,11-12H2,1-3H3,(H,20,26)(H,21,22)/t15-,19+/m0/s1. The molecule has 160 valence electrons. The highest BCUT2D eigenvalue weighted by Gasteiger charge is 2.65. The number of nitrogens with zero attached hydrogens (tertiary/aromatic N) is 3. The van der Waals surface area contributed by atoms with Crippen LogP contribution in [0, 0.1) is 23.7 Å². The summed E-state index contributed by atoms with van der Waals surface area (Å²) < 4.78 is 25.9. The number of aromatic nitrogens is 2. The van der Waals surface area contributed by atoms with E-state index in [0.717, 1.165) is 25.0 Å². The van der Waals surface area contributed by atoms with Gasteiger partial charge >= 0.3 is 0 Å². The number of nitrogens with one attached hydrogen (secondary N) is 2. The van der Waals surface area contributed by atoms with Crippen LogP contribution in [0.3, 0.4) is 0 Å². The molecule has 2 saturated heterocycles. The van der Waals surface area contributed by atoms with Crippen LogP contribution in [-0.4, -0.2) is 79.1 Å². The van der Waals surface area contributed by atoms with Crippen molar-refractivity contribution in [1.29, 1.82) is 0 Å². The highest BCUT2D eigenvalue weighted by atomic mass is 32.2. The number of rotatable bonds is 3. The second-order valence-corrected chi connectivity index (χ2v) is 10.9. The second kappa shape index (κ2) is 6.80. The van der Waals surface area contributed by atoms with Gasteiger partial charge in [0.1, 0.15) is 5.69 Å². The van der Waals surface area contributed by atoms with Crippen LogP contribution in [0.2, 0.25) is 0 Å². The Labute approximate surface area is 171 Å². The summed E-state index contributed by atoms with van der Waals surface area (Å²) in [6.45, 7) is 3.71. The van der Waals surface area contributed by atoms with Crippen molar-refractivity contribution in [3.8, 4) is 0 Å². The lowest BCUT2D eigenvalue weighted by Gasteiger charge is -2.44. The first-order valence-corrected chi connectivity index (χ1v) is 11.9. The third-order valence-corrected chi connectivity index (χ3v) is 8.66. The molecular formula is C19H29N5O4S. The Balaban J connectivity index is 1.55. The number of amides is 2. The Morgan fingerprint density at radius 3 is 2.48 bits per heavy atom. The minimum absolute atomic E-state index is 0.0189. The van der Waals surface area contributed by atoms with E-state index in [1.807, 2.05) is 11.8 Å². The normalized spacial score (nSPS) is 29.2. The average Bonchev–Trinajstić information content (AvgIpc) is 3.36. The van der Waals surface area contributed by atoms with Gasteiger partial charge in [-0.15, -0.1) is 0 Å². The number of carbonyl (C=O) groups excluding carboxylic acids is 2. The second-order valence-electron chi connectivity index (χ2n) is 8.93. The van der Waals surface area contributed by atoms with E-state index < -0.39 is 15.4 Å². The van der Waals surface area contributed by atoms with Crippen LogP contribution in [0.5, 0.6) is 0 Å². The van der Waals surface area contributed by atoms with E-state index in [9.17, 15) is 18.0 Å². The summed E-state index contributed by atoms with van der Waals surface area (Å²) in [7, 11) is -1.74. The van der Waals surface area contributed by atoms with E-state index in [-0.39, 0.29) is 29.7 Å². The maximum absolute atomic E-state index is 12.9. The summed E-state index contributed by atoms with van der Waals surface area (Å²) >= 11 is 0. The molecule has 2 aliphatic heterocycles. The Kier molecular flexibility index (Phi) is 4.77. The molecule has 1 aromatic rings. The monoisotopic (exact) mass is 423 g/mol. The van der Waals surface area contributed by atoms with Crippen molar-refractivity contribution in [3.63, 3.8) is 0 Å². The summed E-state index contributed by atoms with van der Waals surface area (Å²) in [5.41, 5.74) is 0.501. The summed E-state index contributed by atoms with van der Waals surface area (Å²) in [5, 5.41) is 9.66. The first kappa shape index (κ1) is 20.3. The van der Waals surface area contributed by atoms with Crippen LogP contribution in [0.25, 0.3) is 0 Å². The highest BCUT2D eigenvalue weighted by molar-refractivity contribution is 7.88. The molecule has 4 rings (SSSR count). The van der Waals surface area contributed by atoms with Gasteiger partial charge in [-0.1, -0.05) is 0 Å². The summed E-state index contributed by atoms with van der Waals surface area (Å²) in [6, 6.07) is 1.75. The number of sulfonamides is 1. The van der Waals surface area contributed by atoms with E-state index in [1.54, 1.807) is 13.1 Å². The van der Waals surface area contributed by atoms with Gasteiger partial charge in [-0.05, 0) is 50.0 Å². The lowest BCUT2D eigenvalue weighted by atomic mass is 9.65. The van der Waals surface area contributed by atoms with Gasteiger partial charge in [0.15, 0.2) is 0 Å². The van der Waals surface area contributed by atoms with Crippen molar-refractivity contribution >= 4 is 21.8 Å². The molecule has 1 spiro atoms. The maximum atomic E-state index is 12.9. The van der Waals surface area contributed by atoms with Gasteiger partial charge in [0, 0.05) is 38.9 Å². The summed E-state index contributed by atoms with van der Waals surface area (Å²) in [5.74, 6) is -0.158. The number of aromatic amines is 1. The number of hydrogen-bond donors (Lipinski definition) is 2. The molecule has 0 aromatic carbocycles. The van der Waals surface area contributed by atoms with E-state index >= 15 is 0 Å². The average molecular weight is 424 g/mol. The van der Waals surface area contributed by atoms with Crippen molar-refractivity contribution in [2.75, 3.05) is 39.5 Å². The first-order valence-electron chi connectivity index (χ1n) is 10.1. The molecule has 3 heterocycles. The molecule has 0 unspecified atom stereocenters. The molecule has 1 saturated carbocycles. The predicted octanol–water partition coefficient (Wildman–Crippen LogP) is 0.358. The number of fused-ring (bicyclic) bond motifs is 2. The molecule has 2 atom stereocenters. The van der Waals surface area contributed by atoms with Crippen LogP contribution in [-0.2, 0) is 14.8 Å². The molecule has 3 aliphatic rings. The molecule has 0 bridgehead atoms. The Hall–Kier alpha value is -1.94. The van der Waals surface area contributed by atoms with Crippen molar-refractivity contribution in [3.05, 3.63) is 17.5 Å². The zero-order valence-corrected chi connectivity index (χ0v) is 18.0. The van der Waals surface area contributed by atoms with Crippen LogP contribution >= 0.6 is 0 Å². The van der Waals surface area contributed by atoms with Crippen LogP contribution < -0.4 is 5.32 Å². The zero-order chi connectivity index (χ0) is 21.0. The van der Waals surface area contributed by atoms with E-state index in [0.29, 0.717) is 31.7 Å². The smallest absolute Gasteiger partial charge is 0.274 e. The number of likely N-dealkylation sites (tertiary alicyclic amines) is 1. The van der Waals surface area contributed by atoms with Gasteiger partial charge in [0.25, 0.3) is 5.91 Å². The van der Waals surface area contributed by atoms with Gasteiger partial charge in [-0.2, -0.15) is 5.10 Å².